The van der Waals surface area contributed by atoms with Crippen LogP contribution in [0.2, 0.25) is 0 Å². The van der Waals surface area contributed by atoms with E-state index in [1.807, 2.05) is 12.4 Å². The van der Waals surface area contributed by atoms with E-state index in [9.17, 15) is 43.2 Å². The Morgan fingerprint density at radius 2 is 1.11 bits per heavy atom. The molecule has 0 aromatic heterocycles. The predicted octanol–water partition coefficient (Wildman–Crippen LogP) is 9.37. The van der Waals surface area contributed by atoms with E-state index in [0.717, 1.165) is 63.5 Å². The van der Waals surface area contributed by atoms with Gasteiger partial charge in [0.15, 0.2) is 5.71 Å². The first-order valence-electron chi connectivity index (χ1n) is 18.2. The maximum absolute atomic E-state index is 13.8. The van der Waals surface area contributed by atoms with E-state index in [4.69, 9.17) is 9.47 Å². The van der Waals surface area contributed by atoms with E-state index < -0.39 is 62.1 Å². The molecule has 0 saturated heterocycles. The number of hydrogen-bond donors (Lipinski definition) is 1. The SMILES string of the molecule is CCCCCCCCS(=O)(=O)ON=C(c1ccc(OCCCOc2ccc(C(CNOS(=O)(=O)CCCCCCCC)C(F)(F)F)cc2)cc1)C(F)(F)F. The van der Waals surface area contributed by atoms with E-state index in [2.05, 4.69) is 20.6 Å². The van der Waals surface area contributed by atoms with Crippen LogP contribution in [0.5, 0.6) is 11.5 Å². The quantitative estimate of drug-likeness (QED) is 0.0387. The van der Waals surface area contributed by atoms with Gasteiger partial charge in [-0.3, -0.25) is 4.28 Å². The molecule has 0 spiro atoms. The van der Waals surface area contributed by atoms with Crippen molar-refractivity contribution < 1.29 is 61.2 Å². The second kappa shape index (κ2) is 23.7. The van der Waals surface area contributed by atoms with Gasteiger partial charge in [0.25, 0.3) is 10.1 Å². The summed E-state index contributed by atoms with van der Waals surface area (Å²) in [6.07, 6.45) is 0.283. The zero-order chi connectivity index (χ0) is 40.1. The number of rotatable bonds is 28. The van der Waals surface area contributed by atoms with Crippen molar-refractivity contribution in [2.75, 3.05) is 31.3 Å². The van der Waals surface area contributed by atoms with Crippen molar-refractivity contribution in [1.29, 1.82) is 0 Å². The van der Waals surface area contributed by atoms with Crippen LogP contribution in [-0.2, 0) is 28.8 Å². The molecule has 2 aromatic carbocycles. The predicted molar refractivity (Wildman–Crippen MR) is 194 cm³/mol. The number of nitrogens with one attached hydrogen (secondary N) is 1. The van der Waals surface area contributed by atoms with Crippen molar-refractivity contribution in [1.82, 2.24) is 5.48 Å². The summed E-state index contributed by atoms with van der Waals surface area (Å²) >= 11 is 0. The maximum atomic E-state index is 13.8. The molecular formula is C36H52F6N2O8S2. The van der Waals surface area contributed by atoms with E-state index in [1.165, 1.54) is 36.4 Å². The molecule has 0 amide bonds. The number of nitrogens with zero attached hydrogens (tertiary/aromatic N) is 1. The van der Waals surface area contributed by atoms with Gasteiger partial charge in [0.2, 0.25) is 0 Å². The van der Waals surface area contributed by atoms with Crippen molar-refractivity contribution in [2.24, 2.45) is 5.16 Å². The molecule has 1 N–H and O–H groups in total. The fourth-order valence-electron chi connectivity index (χ4n) is 5.13. The third kappa shape index (κ3) is 19.5. The number of oxime groups is 1. The Labute approximate surface area is 315 Å². The first kappa shape index (κ1) is 47.1. The first-order chi connectivity index (χ1) is 25.5. The Morgan fingerprint density at radius 3 is 1.59 bits per heavy atom. The molecule has 0 aliphatic rings. The van der Waals surface area contributed by atoms with E-state index in [1.54, 1.807) is 0 Å². The zero-order valence-electron chi connectivity index (χ0n) is 30.7. The summed E-state index contributed by atoms with van der Waals surface area (Å²) < 4.78 is 151. The van der Waals surface area contributed by atoms with Crippen LogP contribution >= 0.6 is 0 Å². The Hall–Kier alpha value is -3.09. The number of unbranched alkanes of at least 4 members (excludes halogenated alkanes) is 10. The minimum Gasteiger partial charge on any atom is -0.493 e. The van der Waals surface area contributed by atoms with Gasteiger partial charge in [-0.25, -0.2) is 0 Å². The molecule has 54 heavy (non-hydrogen) atoms. The molecule has 1 unspecified atom stereocenters. The summed E-state index contributed by atoms with van der Waals surface area (Å²) in [5, 5.41) is 2.94. The molecule has 0 radical (unpaired) electrons. The van der Waals surface area contributed by atoms with Crippen molar-refractivity contribution in [3.8, 4) is 11.5 Å². The average Bonchev–Trinajstić information content (AvgIpc) is 3.09. The van der Waals surface area contributed by atoms with Gasteiger partial charge < -0.3 is 9.47 Å². The smallest absolute Gasteiger partial charge is 0.437 e. The van der Waals surface area contributed by atoms with Crippen LogP contribution in [0, 0.1) is 0 Å². The largest absolute Gasteiger partial charge is 0.493 e. The Balaban J connectivity index is 1.82. The summed E-state index contributed by atoms with van der Waals surface area (Å²) in [6, 6.07) is 9.74. The second-order valence-electron chi connectivity index (χ2n) is 12.7. The van der Waals surface area contributed by atoms with Gasteiger partial charge in [-0.2, -0.15) is 52.9 Å². The highest BCUT2D eigenvalue weighted by atomic mass is 32.2. The standard InChI is InChI=1S/C36H52F6N2O8S2/c1-3-5-7-9-11-13-26-53(45,46)51-43-28-33(35(37,38)39)29-16-20-31(21-17-29)49-24-15-25-50-32-22-18-30(19-23-32)34(36(40,41)42)44-52-54(47,48)27-14-12-10-8-6-4-2/h16-23,33,43H,3-15,24-28H2,1-2H3. The second-order valence-corrected chi connectivity index (χ2v) is 16.1. The lowest BCUT2D eigenvalue weighted by Gasteiger charge is -2.21. The van der Waals surface area contributed by atoms with Crippen molar-refractivity contribution in [3.05, 3.63) is 59.7 Å². The van der Waals surface area contributed by atoms with Crippen LogP contribution in [0.1, 0.15) is 114 Å². The number of halogens is 6. The van der Waals surface area contributed by atoms with Gasteiger partial charge in [-0.05, 0) is 54.8 Å². The maximum Gasteiger partial charge on any atom is 0.437 e. The lowest BCUT2D eigenvalue weighted by molar-refractivity contribution is -0.152. The molecule has 2 rings (SSSR count). The Morgan fingerprint density at radius 1 is 0.648 bits per heavy atom. The Bertz CT molecular complexity index is 1590. The van der Waals surface area contributed by atoms with Gasteiger partial charge in [-0.15, -0.1) is 0 Å². The number of hydroxylamine groups is 1. The molecule has 18 heteroatoms. The molecule has 10 nitrogen and oxygen atoms in total. The fraction of sp³-hybridized carbons (Fsp3) is 0.639. The highest BCUT2D eigenvalue weighted by molar-refractivity contribution is 7.86. The van der Waals surface area contributed by atoms with Crippen LogP contribution in [0.4, 0.5) is 26.3 Å². The first-order valence-corrected chi connectivity index (χ1v) is 21.4. The summed E-state index contributed by atoms with van der Waals surface area (Å²) in [6.45, 7) is 3.46. The van der Waals surface area contributed by atoms with Gasteiger partial charge in [0.05, 0.1) is 30.6 Å². The average molecular weight is 819 g/mol. The zero-order valence-corrected chi connectivity index (χ0v) is 32.4. The van der Waals surface area contributed by atoms with Crippen molar-refractivity contribution >= 4 is 25.9 Å². The molecule has 0 aliphatic heterocycles. The molecule has 0 saturated carbocycles. The van der Waals surface area contributed by atoms with E-state index in [0.29, 0.717) is 25.7 Å². The minimum absolute atomic E-state index is 0.0844. The van der Waals surface area contributed by atoms with Crippen LogP contribution < -0.4 is 15.0 Å². The van der Waals surface area contributed by atoms with Crippen molar-refractivity contribution in [3.63, 3.8) is 0 Å². The topological polar surface area (TPSA) is 130 Å². The monoisotopic (exact) mass is 818 g/mol. The number of hydrogen-bond acceptors (Lipinski definition) is 10. The van der Waals surface area contributed by atoms with Gasteiger partial charge in [0.1, 0.15) is 11.5 Å². The Kier molecular flexibility index (Phi) is 20.7. The summed E-state index contributed by atoms with van der Waals surface area (Å²) in [5.74, 6) is -2.31. The number of benzene rings is 2. The normalized spacial score (nSPS) is 13.5. The number of ether oxygens (including phenoxy) is 2. The molecule has 308 valence electrons. The van der Waals surface area contributed by atoms with Crippen LogP contribution in [0.3, 0.4) is 0 Å². The lowest BCUT2D eigenvalue weighted by atomic mass is 9.98. The highest BCUT2D eigenvalue weighted by Crippen LogP contribution is 2.35. The molecule has 0 heterocycles. The van der Waals surface area contributed by atoms with Crippen LogP contribution in [0.15, 0.2) is 53.7 Å². The van der Waals surface area contributed by atoms with E-state index >= 15 is 0 Å². The summed E-state index contributed by atoms with van der Waals surface area (Å²) in [7, 11) is -8.34. The minimum atomic E-state index is -5.00. The van der Waals surface area contributed by atoms with Crippen LogP contribution in [-0.4, -0.2) is 66.2 Å². The van der Waals surface area contributed by atoms with Crippen LogP contribution in [0.25, 0.3) is 0 Å². The van der Waals surface area contributed by atoms with Gasteiger partial charge >= 0.3 is 22.5 Å². The van der Waals surface area contributed by atoms with E-state index in [-0.39, 0.29) is 42.4 Å². The summed E-state index contributed by atoms with van der Waals surface area (Å²) in [4.78, 5) is 0. The van der Waals surface area contributed by atoms with Gasteiger partial charge in [0, 0.05) is 18.5 Å². The van der Waals surface area contributed by atoms with Gasteiger partial charge in [-0.1, -0.05) is 95.3 Å². The molecular weight excluding hydrogens is 767 g/mol. The molecule has 0 fully saturated rings. The molecule has 2 aromatic rings. The molecule has 0 bridgehead atoms. The number of alkyl halides is 6. The molecule has 0 aliphatic carbocycles. The highest BCUT2D eigenvalue weighted by Gasteiger charge is 2.41. The fourth-order valence-corrected chi connectivity index (χ4v) is 6.84. The molecule has 1 atom stereocenters. The third-order valence-corrected chi connectivity index (χ3v) is 10.4. The lowest BCUT2D eigenvalue weighted by Crippen LogP contribution is -2.33. The van der Waals surface area contributed by atoms with Crippen molar-refractivity contribution in [2.45, 2.75) is 116 Å². The summed E-state index contributed by atoms with van der Waals surface area (Å²) in [5.41, 5.74) is -0.109. The third-order valence-electron chi connectivity index (χ3n) is 8.11.